The van der Waals surface area contributed by atoms with Crippen molar-refractivity contribution in [3.05, 3.63) is 87.6 Å². The first-order valence-corrected chi connectivity index (χ1v) is 12.2. The fourth-order valence-electron chi connectivity index (χ4n) is 4.26. The van der Waals surface area contributed by atoms with E-state index in [-0.39, 0.29) is 40.2 Å². The first-order chi connectivity index (χ1) is 17.1. The van der Waals surface area contributed by atoms with Crippen LogP contribution < -0.4 is 9.47 Å². The lowest BCUT2D eigenvalue weighted by molar-refractivity contribution is -0.614. The number of Topliss-reactive ketones (excluding diaryl/α,β-unsaturated/α-hetero) is 1. The van der Waals surface area contributed by atoms with Crippen LogP contribution in [0.4, 0.5) is 4.39 Å². The Morgan fingerprint density at radius 1 is 1.14 bits per heavy atom. The quantitative estimate of drug-likeness (QED) is 0.268. The molecule has 188 valence electrons. The number of carboxylic acids is 1. The normalized spacial score (nSPS) is 14.0. The number of benzene rings is 2. The van der Waals surface area contributed by atoms with E-state index in [1.54, 1.807) is 30.3 Å². The third-order valence-electron chi connectivity index (χ3n) is 6.24. The number of aromatic nitrogens is 1. The van der Waals surface area contributed by atoms with Crippen molar-refractivity contribution in [1.82, 2.24) is 0 Å². The Balaban J connectivity index is 1.65. The molecule has 2 aromatic carbocycles. The number of pyridine rings is 1. The van der Waals surface area contributed by atoms with E-state index >= 15 is 4.39 Å². The summed E-state index contributed by atoms with van der Waals surface area (Å²) in [5.41, 5.74) is 1.51. The summed E-state index contributed by atoms with van der Waals surface area (Å²) < 4.78 is 21.4. The number of ether oxygens (including phenoxy) is 1. The zero-order valence-electron chi connectivity index (χ0n) is 20.0. The summed E-state index contributed by atoms with van der Waals surface area (Å²) in [6.45, 7) is 3.63. The third-order valence-corrected chi connectivity index (χ3v) is 6.54. The number of carbonyl (C=O) groups excluding carboxylic acids is 1. The van der Waals surface area contributed by atoms with Crippen LogP contribution in [0.25, 0.3) is 11.1 Å². The monoisotopic (exact) mass is 511 g/mol. The van der Waals surface area contributed by atoms with Crippen LogP contribution in [0.5, 0.6) is 5.75 Å². The minimum atomic E-state index is -1.04. The van der Waals surface area contributed by atoms with Gasteiger partial charge in [0.15, 0.2) is 17.8 Å². The van der Waals surface area contributed by atoms with Crippen molar-refractivity contribution in [1.29, 1.82) is 0 Å². The van der Waals surface area contributed by atoms with Crippen LogP contribution in [0.15, 0.2) is 54.7 Å². The van der Waals surface area contributed by atoms with Gasteiger partial charge in [0.25, 0.3) is 0 Å². The van der Waals surface area contributed by atoms with E-state index in [0.717, 1.165) is 12.8 Å². The first-order valence-electron chi connectivity index (χ1n) is 11.9. The molecule has 6 nitrogen and oxygen atoms in total. The molecule has 1 aliphatic carbocycles. The van der Waals surface area contributed by atoms with Crippen molar-refractivity contribution in [2.75, 3.05) is 0 Å². The van der Waals surface area contributed by atoms with Gasteiger partial charge in [-0.2, -0.15) is 4.73 Å². The zero-order valence-corrected chi connectivity index (χ0v) is 20.8. The molecule has 1 aliphatic rings. The molecule has 0 aliphatic heterocycles. The molecule has 0 amide bonds. The summed E-state index contributed by atoms with van der Waals surface area (Å²) in [4.78, 5) is 24.4. The van der Waals surface area contributed by atoms with Crippen molar-refractivity contribution in [2.24, 2.45) is 5.92 Å². The maximum absolute atomic E-state index is 15.0. The molecule has 1 heterocycles. The van der Waals surface area contributed by atoms with Gasteiger partial charge in [-0.1, -0.05) is 36.6 Å². The van der Waals surface area contributed by atoms with E-state index in [0.29, 0.717) is 33.9 Å². The molecule has 1 unspecified atom stereocenters. The Morgan fingerprint density at radius 3 is 2.42 bits per heavy atom. The SMILES string of the molecule is CC(C)Oc1ccc(Cl)c(F)c1-c1ccc(C(CC2CC2)C(=O)Cc2ccc(C(=O)O)cc2)[n+]([O-])c1. The molecule has 8 heteroatoms. The van der Waals surface area contributed by atoms with Gasteiger partial charge in [-0.15, -0.1) is 0 Å². The largest absolute Gasteiger partial charge is 0.618 e. The van der Waals surface area contributed by atoms with Gasteiger partial charge < -0.3 is 15.1 Å². The van der Waals surface area contributed by atoms with E-state index in [1.807, 2.05) is 13.8 Å². The molecule has 4 rings (SSSR count). The molecular weight excluding hydrogens is 485 g/mol. The Labute approximate surface area is 213 Å². The number of nitrogens with zero attached hydrogens (tertiary/aromatic N) is 1. The van der Waals surface area contributed by atoms with Crippen LogP contribution >= 0.6 is 11.6 Å². The maximum Gasteiger partial charge on any atom is 0.335 e. The van der Waals surface area contributed by atoms with E-state index in [9.17, 15) is 14.8 Å². The van der Waals surface area contributed by atoms with Crippen LogP contribution in [0.2, 0.25) is 5.02 Å². The van der Waals surface area contributed by atoms with Crippen LogP contribution in [0.3, 0.4) is 0 Å². The van der Waals surface area contributed by atoms with Gasteiger partial charge in [-0.3, -0.25) is 4.79 Å². The number of hydrogen-bond acceptors (Lipinski definition) is 4. The van der Waals surface area contributed by atoms with Crippen molar-refractivity contribution in [3.8, 4) is 16.9 Å². The lowest BCUT2D eigenvalue weighted by Gasteiger charge is -2.18. The number of hydrogen-bond donors (Lipinski definition) is 1. The van der Waals surface area contributed by atoms with Crippen LogP contribution in [-0.2, 0) is 11.2 Å². The van der Waals surface area contributed by atoms with Gasteiger partial charge in [-0.25, -0.2) is 9.18 Å². The molecule has 36 heavy (non-hydrogen) atoms. The summed E-state index contributed by atoms with van der Waals surface area (Å²) in [5.74, 6) is -1.82. The second-order valence-electron chi connectivity index (χ2n) is 9.45. The molecule has 3 aromatic rings. The molecule has 1 N–H and O–H groups in total. The lowest BCUT2D eigenvalue weighted by Crippen LogP contribution is -2.36. The minimum absolute atomic E-state index is 0.0777. The summed E-state index contributed by atoms with van der Waals surface area (Å²) in [6.07, 6.45) is 3.70. The first kappa shape index (κ1) is 25.6. The molecular formula is C28H27ClFNO5. The summed E-state index contributed by atoms with van der Waals surface area (Å²) >= 11 is 6.01. The van der Waals surface area contributed by atoms with E-state index in [2.05, 4.69) is 0 Å². The third kappa shape index (κ3) is 5.85. The van der Waals surface area contributed by atoms with Gasteiger partial charge in [0.2, 0.25) is 5.69 Å². The highest BCUT2D eigenvalue weighted by Gasteiger charge is 2.34. The molecule has 0 radical (unpaired) electrons. The number of halogens is 2. The summed E-state index contributed by atoms with van der Waals surface area (Å²) in [7, 11) is 0. The smallest absolute Gasteiger partial charge is 0.335 e. The number of rotatable bonds is 10. The highest BCUT2D eigenvalue weighted by Crippen LogP contribution is 2.40. The van der Waals surface area contributed by atoms with Gasteiger partial charge in [-0.05, 0) is 62.1 Å². The standard InChI is InChI=1S/C28H27ClFNO5/c1-16(2)36-25-12-10-22(29)27(30)26(25)20-9-11-23(31(35)15-20)21(13-17-3-4-17)24(32)14-18-5-7-19(8-6-18)28(33)34/h5-12,15-17,21H,3-4,13-14H2,1-2H3,(H,33,34). The molecule has 1 saturated carbocycles. The van der Waals surface area contributed by atoms with Gasteiger partial charge in [0.05, 0.1) is 27.8 Å². The Morgan fingerprint density at radius 2 is 1.83 bits per heavy atom. The number of aromatic carboxylic acids is 1. The molecule has 1 aromatic heterocycles. The average molecular weight is 512 g/mol. The van der Waals surface area contributed by atoms with Crippen molar-refractivity contribution < 1.29 is 28.6 Å². The predicted molar refractivity (Wildman–Crippen MR) is 134 cm³/mol. The molecule has 1 fully saturated rings. The summed E-state index contributed by atoms with van der Waals surface area (Å²) in [6, 6.07) is 12.3. The lowest BCUT2D eigenvalue weighted by atomic mass is 9.89. The average Bonchev–Trinajstić information content (AvgIpc) is 3.65. The van der Waals surface area contributed by atoms with Gasteiger partial charge >= 0.3 is 5.97 Å². The second kappa shape index (κ2) is 10.7. The van der Waals surface area contributed by atoms with E-state index < -0.39 is 17.7 Å². The molecule has 0 bridgehead atoms. The van der Waals surface area contributed by atoms with Crippen molar-refractivity contribution in [2.45, 2.75) is 51.6 Å². The number of carbonyl (C=O) groups is 2. The van der Waals surface area contributed by atoms with Crippen LogP contribution in [0.1, 0.15) is 60.6 Å². The Hall–Kier alpha value is -3.45. The van der Waals surface area contributed by atoms with E-state index in [1.165, 1.54) is 24.4 Å². The van der Waals surface area contributed by atoms with Gasteiger partial charge in [0.1, 0.15) is 11.7 Å². The maximum atomic E-state index is 15.0. The summed E-state index contributed by atoms with van der Waals surface area (Å²) in [5, 5.41) is 22.2. The molecule has 1 atom stereocenters. The fourth-order valence-corrected chi connectivity index (χ4v) is 4.42. The fraction of sp³-hybridized carbons (Fsp3) is 0.321. The number of ketones is 1. The minimum Gasteiger partial charge on any atom is -0.618 e. The predicted octanol–water partition coefficient (Wildman–Crippen LogP) is 5.96. The highest BCUT2D eigenvalue weighted by molar-refractivity contribution is 6.31. The highest BCUT2D eigenvalue weighted by atomic mass is 35.5. The second-order valence-corrected chi connectivity index (χ2v) is 9.85. The molecule has 0 saturated heterocycles. The van der Waals surface area contributed by atoms with Crippen molar-refractivity contribution >= 4 is 23.4 Å². The Kier molecular flexibility index (Phi) is 7.59. The Bertz CT molecular complexity index is 1290. The van der Waals surface area contributed by atoms with Crippen LogP contribution in [0, 0.1) is 16.9 Å². The number of carboxylic acid groups (broad SMARTS) is 1. The van der Waals surface area contributed by atoms with Gasteiger partial charge in [0, 0.05) is 12.5 Å². The molecule has 0 spiro atoms. The van der Waals surface area contributed by atoms with Crippen molar-refractivity contribution in [3.63, 3.8) is 0 Å². The van der Waals surface area contributed by atoms with Crippen LogP contribution in [-0.4, -0.2) is 23.0 Å². The zero-order chi connectivity index (χ0) is 26.0. The topological polar surface area (TPSA) is 90.5 Å². The van der Waals surface area contributed by atoms with E-state index in [4.69, 9.17) is 21.4 Å².